The molecule has 0 unspecified atom stereocenters. The monoisotopic (exact) mass is 254 g/mol. The zero-order valence-corrected chi connectivity index (χ0v) is 10.8. The van der Waals surface area contributed by atoms with Crippen LogP contribution in [0.2, 0.25) is 0 Å². The summed E-state index contributed by atoms with van der Waals surface area (Å²) in [7, 11) is 0. The van der Waals surface area contributed by atoms with Crippen molar-refractivity contribution in [3.8, 4) is 0 Å². The summed E-state index contributed by atoms with van der Waals surface area (Å²) in [6.45, 7) is 10.5. The Labute approximate surface area is 107 Å². The molecule has 0 aliphatic heterocycles. The van der Waals surface area contributed by atoms with Gasteiger partial charge in [0.1, 0.15) is 22.4 Å². The molecule has 0 atom stereocenters. The first-order valence-electron chi connectivity index (χ1n) is 5.07. The molecule has 0 aromatic heterocycles. The third-order valence-corrected chi connectivity index (χ3v) is 2.06. The fraction of sp³-hybridized carbons (Fsp3) is 0.143. The van der Waals surface area contributed by atoms with Crippen LogP contribution in [0, 0.1) is 0 Å². The maximum atomic E-state index is 13.2. The molecular weight excluding hydrogens is 239 g/mol. The van der Waals surface area contributed by atoms with E-state index in [9.17, 15) is 4.39 Å². The molecule has 0 radical (unpaired) electrons. The molecule has 1 nitrogen and oxygen atoms in total. The van der Waals surface area contributed by atoms with Gasteiger partial charge in [-0.1, -0.05) is 43.0 Å². The van der Waals surface area contributed by atoms with E-state index in [0.717, 1.165) is 6.08 Å². The molecule has 0 aliphatic rings. The van der Waals surface area contributed by atoms with Crippen LogP contribution in [-0.2, 0) is 4.74 Å². The highest BCUT2D eigenvalue weighted by atomic mass is 35.5. The van der Waals surface area contributed by atoms with Crippen LogP contribution in [0.3, 0.4) is 0 Å². The minimum absolute atomic E-state index is 0.122. The summed E-state index contributed by atoms with van der Waals surface area (Å²) in [5.74, 6) is -0.0598. The first kappa shape index (κ1) is 15.5. The fourth-order valence-electron chi connectivity index (χ4n) is 0.887. The van der Waals surface area contributed by atoms with Crippen LogP contribution in [0.5, 0.6) is 0 Å². The van der Waals surface area contributed by atoms with Crippen LogP contribution in [0.4, 0.5) is 4.39 Å². The number of hydrogen-bond donors (Lipinski definition) is 0. The van der Waals surface area contributed by atoms with Gasteiger partial charge in [0.05, 0.1) is 0 Å². The van der Waals surface area contributed by atoms with Gasteiger partial charge in [-0.3, -0.25) is 0 Å². The summed E-state index contributed by atoms with van der Waals surface area (Å²) in [6.07, 6.45) is 9.68. The smallest absolute Gasteiger partial charge is 0.144 e. The molecule has 0 N–H and O–H groups in total. The van der Waals surface area contributed by atoms with Crippen molar-refractivity contribution in [1.82, 2.24) is 0 Å². The SMILES string of the molecule is C=C/C(F)=C(Cl)\C(=C/C)OC(=C)/C=C\C=C/C. The van der Waals surface area contributed by atoms with Gasteiger partial charge in [0.25, 0.3) is 0 Å². The van der Waals surface area contributed by atoms with E-state index in [1.807, 2.05) is 19.1 Å². The molecule has 0 saturated heterocycles. The lowest BCUT2D eigenvalue weighted by atomic mass is 10.3. The van der Waals surface area contributed by atoms with Gasteiger partial charge in [0.15, 0.2) is 0 Å². The third-order valence-electron chi connectivity index (χ3n) is 1.69. The van der Waals surface area contributed by atoms with Crippen LogP contribution in [-0.4, -0.2) is 0 Å². The second kappa shape index (κ2) is 8.59. The van der Waals surface area contributed by atoms with Crippen LogP contribution in [0.1, 0.15) is 13.8 Å². The Balaban J connectivity index is 4.76. The molecule has 0 amide bonds. The molecule has 0 spiro atoms. The first-order chi connectivity index (χ1) is 8.06. The van der Waals surface area contributed by atoms with E-state index in [-0.39, 0.29) is 10.8 Å². The topological polar surface area (TPSA) is 9.23 Å². The molecule has 0 aromatic carbocycles. The maximum Gasteiger partial charge on any atom is 0.144 e. The number of allylic oxidation sites excluding steroid dienone is 8. The highest BCUT2D eigenvalue weighted by molar-refractivity contribution is 6.32. The zero-order valence-electron chi connectivity index (χ0n) is 10.0. The summed E-state index contributed by atoms with van der Waals surface area (Å²) >= 11 is 5.76. The van der Waals surface area contributed by atoms with Gasteiger partial charge in [0, 0.05) is 0 Å². The van der Waals surface area contributed by atoms with Gasteiger partial charge in [-0.25, -0.2) is 4.39 Å². The largest absolute Gasteiger partial charge is 0.457 e. The Morgan fingerprint density at radius 1 is 1.29 bits per heavy atom. The third kappa shape index (κ3) is 5.93. The number of halogens is 2. The molecule has 92 valence electrons. The van der Waals surface area contributed by atoms with Gasteiger partial charge in [-0.05, 0) is 32.1 Å². The zero-order chi connectivity index (χ0) is 13.3. The van der Waals surface area contributed by atoms with Crippen LogP contribution in [0.25, 0.3) is 0 Å². The highest BCUT2D eigenvalue weighted by Gasteiger charge is 2.08. The highest BCUT2D eigenvalue weighted by Crippen LogP contribution is 2.24. The van der Waals surface area contributed by atoms with Gasteiger partial charge >= 0.3 is 0 Å². The Bertz CT molecular complexity index is 400. The minimum atomic E-state index is -0.634. The quantitative estimate of drug-likeness (QED) is 0.470. The molecule has 17 heavy (non-hydrogen) atoms. The Morgan fingerprint density at radius 2 is 1.94 bits per heavy atom. The molecule has 0 rings (SSSR count). The summed E-state index contributed by atoms with van der Waals surface area (Å²) in [5.41, 5.74) is 0. The van der Waals surface area contributed by atoms with E-state index < -0.39 is 5.83 Å². The van der Waals surface area contributed by atoms with Gasteiger partial charge in [0.2, 0.25) is 0 Å². The average molecular weight is 255 g/mol. The Morgan fingerprint density at radius 3 is 2.41 bits per heavy atom. The molecule has 0 aromatic rings. The van der Waals surface area contributed by atoms with Gasteiger partial charge in [-0.15, -0.1) is 0 Å². The maximum absolute atomic E-state index is 13.2. The summed E-state index contributed by atoms with van der Waals surface area (Å²) in [6, 6.07) is 0. The van der Waals surface area contributed by atoms with Gasteiger partial charge < -0.3 is 4.74 Å². The van der Waals surface area contributed by atoms with Crippen molar-refractivity contribution in [3.05, 3.63) is 72.0 Å². The minimum Gasteiger partial charge on any atom is -0.457 e. The van der Waals surface area contributed by atoms with E-state index >= 15 is 0 Å². The number of hydrogen-bond acceptors (Lipinski definition) is 1. The lowest BCUT2D eigenvalue weighted by Crippen LogP contribution is -1.92. The van der Waals surface area contributed by atoms with E-state index in [1.165, 1.54) is 0 Å². The molecule has 0 saturated carbocycles. The molecule has 0 aliphatic carbocycles. The Kier molecular flexibility index (Phi) is 7.82. The van der Waals surface area contributed by atoms with Crippen molar-refractivity contribution in [3.63, 3.8) is 0 Å². The van der Waals surface area contributed by atoms with E-state index in [4.69, 9.17) is 16.3 Å². The van der Waals surface area contributed by atoms with Crippen LogP contribution < -0.4 is 0 Å². The molecule has 0 heterocycles. The lowest BCUT2D eigenvalue weighted by molar-refractivity contribution is 0.333. The van der Waals surface area contributed by atoms with E-state index in [0.29, 0.717) is 5.76 Å². The number of rotatable bonds is 6. The molecular formula is C14H16ClFO. The van der Waals surface area contributed by atoms with Crippen molar-refractivity contribution < 1.29 is 9.13 Å². The first-order valence-corrected chi connectivity index (χ1v) is 5.45. The fourth-order valence-corrected chi connectivity index (χ4v) is 1.11. The normalized spacial score (nSPS) is 14.0. The second-order valence-electron chi connectivity index (χ2n) is 2.97. The number of ether oxygens (including phenoxy) is 1. The summed E-state index contributed by atoms with van der Waals surface area (Å²) in [4.78, 5) is 0. The van der Waals surface area contributed by atoms with Gasteiger partial charge in [-0.2, -0.15) is 0 Å². The van der Waals surface area contributed by atoms with Crippen molar-refractivity contribution >= 4 is 11.6 Å². The van der Waals surface area contributed by atoms with E-state index in [2.05, 4.69) is 13.2 Å². The molecule has 0 fully saturated rings. The lowest BCUT2D eigenvalue weighted by Gasteiger charge is -2.08. The second-order valence-corrected chi connectivity index (χ2v) is 3.35. The van der Waals surface area contributed by atoms with Crippen LogP contribution >= 0.6 is 11.6 Å². The van der Waals surface area contributed by atoms with Crippen LogP contribution in [0.15, 0.2) is 72.0 Å². The van der Waals surface area contributed by atoms with E-state index in [1.54, 1.807) is 25.2 Å². The molecule has 3 heteroatoms. The van der Waals surface area contributed by atoms with Crippen molar-refractivity contribution in [2.24, 2.45) is 0 Å². The van der Waals surface area contributed by atoms with Crippen molar-refractivity contribution in [1.29, 1.82) is 0 Å². The predicted octanol–water partition coefficient (Wildman–Crippen LogP) is 5.16. The average Bonchev–Trinajstić information content (AvgIpc) is 2.34. The van der Waals surface area contributed by atoms with Crippen molar-refractivity contribution in [2.75, 3.05) is 0 Å². The standard InChI is InChI=1S/C14H16ClFO/c1-5-8-9-10-11(4)17-13(7-3)14(15)12(16)6-2/h5-10H,2,4H2,1,3H3/b8-5-,10-9-,13-7+,14-12-. The predicted molar refractivity (Wildman–Crippen MR) is 72.1 cm³/mol. The summed E-state index contributed by atoms with van der Waals surface area (Å²) in [5, 5.41) is -0.122. The molecule has 0 bridgehead atoms. The van der Waals surface area contributed by atoms with Crippen molar-refractivity contribution in [2.45, 2.75) is 13.8 Å². The summed E-state index contributed by atoms with van der Waals surface area (Å²) < 4.78 is 18.5. The Hall–Kier alpha value is -1.54.